The van der Waals surface area contributed by atoms with Crippen LogP contribution in [0.5, 0.6) is 0 Å². The van der Waals surface area contributed by atoms with Crippen LogP contribution in [0, 0.1) is 5.41 Å². The number of rotatable bonds is 9. The monoisotopic (exact) mass is 551 g/mol. The largest absolute Gasteiger partial charge is 0.356 e. The Kier molecular flexibility index (Phi) is 7.45. The van der Waals surface area contributed by atoms with Gasteiger partial charge in [0.25, 0.3) is 10.1 Å². The number of para-hydroxylation sites is 1. The van der Waals surface area contributed by atoms with Crippen molar-refractivity contribution in [2.45, 2.75) is 0 Å². The minimum atomic E-state index is -4.62. The zero-order valence-corrected chi connectivity index (χ0v) is 21.9. The second kappa shape index (κ2) is 11.3. The summed E-state index contributed by atoms with van der Waals surface area (Å²) in [6, 6.07) is 32.8. The Morgan fingerprint density at radius 3 is 1.25 bits per heavy atom. The number of anilines is 7. The summed E-state index contributed by atoms with van der Waals surface area (Å²) < 4.78 is 32.8. The molecule has 200 valence electrons. The van der Waals surface area contributed by atoms with E-state index in [1.807, 2.05) is 78.9 Å². The summed E-state index contributed by atoms with van der Waals surface area (Å²) in [5.74, 6) is -0.664. The lowest BCUT2D eigenvalue weighted by Crippen LogP contribution is -2.21. The second-order valence-electron chi connectivity index (χ2n) is 8.92. The smallest absolute Gasteiger partial charge is 0.296 e. The maximum Gasteiger partial charge on any atom is 0.296 e. The molecule has 4 aromatic rings. The van der Waals surface area contributed by atoms with Gasteiger partial charge in [0.05, 0.1) is 5.70 Å². The molecule has 0 saturated carbocycles. The van der Waals surface area contributed by atoms with Gasteiger partial charge in [0, 0.05) is 45.9 Å². The Morgan fingerprint density at radius 1 is 0.525 bits per heavy atom. The molecule has 10 heteroatoms. The van der Waals surface area contributed by atoms with Crippen molar-refractivity contribution in [1.82, 2.24) is 0 Å². The van der Waals surface area contributed by atoms with Gasteiger partial charge in [-0.3, -0.25) is 14.8 Å². The number of hydrogen-bond donors (Lipinski definition) is 6. The lowest BCUT2D eigenvalue weighted by atomic mass is 10.1. The van der Waals surface area contributed by atoms with E-state index in [0.29, 0.717) is 5.69 Å². The van der Waals surface area contributed by atoms with E-state index in [2.05, 4.69) is 21.3 Å². The number of carbonyl (C=O) groups excluding carboxylic acids is 1. The Balaban J connectivity index is 1.18. The zero-order chi connectivity index (χ0) is 28.1. The van der Waals surface area contributed by atoms with Gasteiger partial charge in [-0.05, 0) is 91.0 Å². The third-order valence-electron chi connectivity index (χ3n) is 5.93. The Hall–Kier alpha value is -5.19. The molecule has 0 saturated heterocycles. The van der Waals surface area contributed by atoms with Crippen molar-refractivity contribution >= 4 is 61.4 Å². The summed E-state index contributed by atoms with van der Waals surface area (Å²) in [6.07, 6.45) is 1.80. The standard InChI is InChI=1S/C30H25N5O4S/c31-27-18-30(40(37,38)39)28(19-29(27)36)35-26-16-14-25(15-17-26)34-24-12-10-23(11-13-24)33-22-8-6-21(7-9-22)32-20-4-2-1-3-5-20/h1-19,31-35H,(H,37,38,39). The van der Waals surface area contributed by atoms with E-state index in [-0.39, 0.29) is 5.70 Å². The summed E-state index contributed by atoms with van der Waals surface area (Å²) in [5, 5.41) is 20.4. The molecule has 0 fully saturated rings. The lowest BCUT2D eigenvalue weighted by molar-refractivity contribution is -0.108. The number of carbonyl (C=O) groups is 1. The molecule has 0 amide bonds. The Morgan fingerprint density at radius 2 is 0.875 bits per heavy atom. The lowest BCUT2D eigenvalue weighted by Gasteiger charge is -2.16. The zero-order valence-electron chi connectivity index (χ0n) is 21.0. The topological polar surface area (TPSA) is 143 Å². The molecule has 0 unspecified atom stereocenters. The molecule has 40 heavy (non-hydrogen) atoms. The van der Waals surface area contributed by atoms with Gasteiger partial charge in [-0.25, -0.2) is 0 Å². The van der Waals surface area contributed by atoms with E-state index < -0.39 is 26.5 Å². The Labute approximate surface area is 231 Å². The maximum absolute atomic E-state index is 11.8. The third kappa shape index (κ3) is 6.62. The van der Waals surface area contributed by atoms with Crippen molar-refractivity contribution in [2.75, 3.05) is 21.3 Å². The van der Waals surface area contributed by atoms with E-state index in [9.17, 15) is 17.8 Å². The molecule has 0 aliphatic heterocycles. The summed E-state index contributed by atoms with van der Waals surface area (Å²) in [4.78, 5) is 11.3. The summed E-state index contributed by atoms with van der Waals surface area (Å²) in [5.41, 5.74) is 5.44. The summed E-state index contributed by atoms with van der Waals surface area (Å²) >= 11 is 0. The fourth-order valence-corrected chi connectivity index (χ4v) is 4.61. The van der Waals surface area contributed by atoms with Gasteiger partial charge in [-0.2, -0.15) is 8.42 Å². The predicted molar refractivity (Wildman–Crippen MR) is 160 cm³/mol. The maximum atomic E-state index is 11.8. The molecule has 0 spiro atoms. The molecule has 5 rings (SSSR count). The summed E-state index contributed by atoms with van der Waals surface area (Å²) in [6.45, 7) is 0. The minimum Gasteiger partial charge on any atom is -0.356 e. The van der Waals surface area contributed by atoms with Crippen molar-refractivity contribution in [3.8, 4) is 0 Å². The van der Waals surface area contributed by atoms with Gasteiger partial charge >= 0.3 is 0 Å². The third-order valence-corrected chi connectivity index (χ3v) is 6.83. The number of hydrogen-bond acceptors (Lipinski definition) is 8. The van der Waals surface area contributed by atoms with Crippen molar-refractivity contribution in [2.24, 2.45) is 0 Å². The van der Waals surface area contributed by atoms with Crippen molar-refractivity contribution in [1.29, 1.82) is 5.41 Å². The van der Waals surface area contributed by atoms with Gasteiger partial charge in [0.1, 0.15) is 10.6 Å². The average molecular weight is 552 g/mol. The Bertz CT molecular complexity index is 1710. The second-order valence-corrected chi connectivity index (χ2v) is 10.3. The van der Waals surface area contributed by atoms with Gasteiger partial charge in [0.2, 0.25) is 5.78 Å². The molecular weight excluding hydrogens is 526 g/mol. The van der Waals surface area contributed by atoms with Crippen LogP contribution in [0.15, 0.2) is 126 Å². The molecule has 6 N–H and O–H groups in total. The van der Waals surface area contributed by atoms with Crippen LogP contribution in [0.2, 0.25) is 0 Å². The fourth-order valence-electron chi connectivity index (χ4n) is 3.96. The normalized spacial score (nSPS) is 13.2. The average Bonchev–Trinajstić information content (AvgIpc) is 2.94. The first-order chi connectivity index (χ1) is 19.2. The highest BCUT2D eigenvalue weighted by molar-refractivity contribution is 7.90. The molecule has 0 atom stereocenters. The predicted octanol–water partition coefficient (Wildman–Crippen LogP) is 6.59. The van der Waals surface area contributed by atoms with E-state index in [4.69, 9.17) is 5.41 Å². The first-order valence-corrected chi connectivity index (χ1v) is 13.6. The molecule has 0 bridgehead atoms. The molecule has 0 aromatic heterocycles. The van der Waals surface area contributed by atoms with Gasteiger partial charge in [-0.15, -0.1) is 0 Å². The minimum absolute atomic E-state index is 0.102. The number of allylic oxidation sites excluding steroid dienone is 2. The quantitative estimate of drug-likeness (QED) is 0.101. The van der Waals surface area contributed by atoms with Crippen LogP contribution in [0.25, 0.3) is 0 Å². The number of ketones is 1. The van der Waals surface area contributed by atoms with Crippen LogP contribution in [0.1, 0.15) is 0 Å². The van der Waals surface area contributed by atoms with Crippen LogP contribution in [0.4, 0.5) is 39.8 Å². The van der Waals surface area contributed by atoms with Gasteiger partial charge in [-0.1, -0.05) is 18.2 Å². The molecule has 0 radical (unpaired) electrons. The first kappa shape index (κ1) is 26.4. The number of nitrogens with one attached hydrogen (secondary N) is 5. The highest BCUT2D eigenvalue weighted by Gasteiger charge is 2.26. The van der Waals surface area contributed by atoms with E-state index in [1.165, 1.54) is 0 Å². The van der Waals surface area contributed by atoms with Gasteiger partial charge < -0.3 is 21.3 Å². The van der Waals surface area contributed by atoms with E-state index in [0.717, 1.165) is 46.3 Å². The molecule has 4 aromatic carbocycles. The fraction of sp³-hybridized carbons (Fsp3) is 0. The number of benzene rings is 4. The molecule has 0 heterocycles. The van der Waals surface area contributed by atoms with Crippen molar-refractivity contribution < 1.29 is 17.8 Å². The van der Waals surface area contributed by atoms with Crippen molar-refractivity contribution in [3.05, 3.63) is 126 Å². The first-order valence-electron chi connectivity index (χ1n) is 12.2. The van der Waals surface area contributed by atoms with Crippen LogP contribution in [-0.4, -0.2) is 24.5 Å². The molecule has 1 aliphatic carbocycles. The van der Waals surface area contributed by atoms with Crippen LogP contribution in [-0.2, 0) is 14.9 Å². The SMILES string of the molecule is N=C1C=C(S(=O)(=O)O)C(Nc2ccc(Nc3ccc(Nc4ccc(Nc5ccccc5)cc4)cc3)cc2)=CC1=O. The molecule has 1 aliphatic rings. The highest BCUT2D eigenvalue weighted by atomic mass is 32.2. The van der Waals surface area contributed by atoms with Crippen LogP contribution < -0.4 is 21.3 Å². The molecule has 9 nitrogen and oxygen atoms in total. The van der Waals surface area contributed by atoms with Gasteiger partial charge in [0.15, 0.2) is 0 Å². The summed E-state index contributed by atoms with van der Waals surface area (Å²) in [7, 11) is -4.62. The van der Waals surface area contributed by atoms with Crippen LogP contribution >= 0.6 is 0 Å². The van der Waals surface area contributed by atoms with E-state index >= 15 is 0 Å². The highest BCUT2D eigenvalue weighted by Crippen LogP contribution is 2.26. The van der Waals surface area contributed by atoms with Crippen molar-refractivity contribution in [3.63, 3.8) is 0 Å². The van der Waals surface area contributed by atoms with Crippen LogP contribution in [0.3, 0.4) is 0 Å². The van der Waals surface area contributed by atoms with E-state index in [1.54, 1.807) is 24.3 Å². The molecular formula is C30H25N5O4S.